The molecule has 1 aromatic carbocycles. The molecule has 1 aliphatic rings. The second-order valence-electron chi connectivity index (χ2n) is 3.72. The molecule has 0 aromatic heterocycles. The number of rotatable bonds is 2. The van der Waals surface area contributed by atoms with E-state index in [4.69, 9.17) is 0 Å². The van der Waals surface area contributed by atoms with Gasteiger partial charge < -0.3 is 5.32 Å². The van der Waals surface area contributed by atoms with Crippen LogP contribution in [-0.2, 0) is 5.75 Å². The molecule has 1 aromatic rings. The molecule has 1 heterocycles. The Bertz CT molecular complexity index is 311. The standard InChI is InChI=1S/C12H17NS/c1-3-11-12(13-2)10-7-5-4-6-9(10)8-14-11/h4-7,11-13H,3,8H2,1-2H3. The smallest absolute Gasteiger partial charge is 0.0441 e. The summed E-state index contributed by atoms with van der Waals surface area (Å²) in [6.07, 6.45) is 1.24. The van der Waals surface area contributed by atoms with Gasteiger partial charge in [0.05, 0.1) is 0 Å². The van der Waals surface area contributed by atoms with Gasteiger partial charge in [0.25, 0.3) is 0 Å². The van der Waals surface area contributed by atoms with Crippen molar-refractivity contribution in [2.45, 2.75) is 30.4 Å². The minimum absolute atomic E-state index is 0.537. The summed E-state index contributed by atoms with van der Waals surface area (Å²) in [5, 5.41) is 4.17. The van der Waals surface area contributed by atoms with Crippen LogP contribution in [0.5, 0.6) is 0 Å². The van der Waals surface area contributed by atoms with E-state index in [1.807, 2.05) is 0 Å². The summed E-state index contributed by atoms with van der Waals surface area (Å²) < 4.78 is 0. The molecule has 14 heavy (non-hydrogen) atoms. The molecule has 2 atom stereocenters. The van der Waals surface area contributed by atoms with Gasteiger partial charge in [-0.3, -0.25) is 0 Å². The van der Waals surface area contributed by atoms with Crippen LogP contribution in [0.15, 0.2) is 24.3 Å². The van der Waals surface area contributed by atoms with Gasteiger partial charge >= 0.3 is 0 Å². The summed E-state index contributed by atoms with van der Waals surface area (Å²) in [6, 6.07) is 9.33. The quantitative estimate of drug-likeness (QED) is 0.800. The average Bonchev–Trinajstić information content (AvgIpc) is 2.27. The van der Waals surface area contributed by atoms with Crippen LogP contribution < -0.4 is 5.32 Å². The molecule has 1 N–H and O–H groups in total. The van der Waals surface area contributed by atoms with Gasteiger partial charge in [0.1, 0.15) is 0 Å². The summed E-state index contributed by atoms with van der Waals surface area (Å²) in [4.78, 5) is 0. The van der Waals surface area contributed by atoms with Crippen molar-refractivity contribution < 1.29 is 0 Å². The molecule has 76 valence electrons. The van der Waals surface area contributed by atoms with Crippen molar-refractivity contribution in [2.75, 3.05) is 7.05 Å². The predicted molar refractivity (Wildman–Crippen MR) is 63.6 cm³/mol. The Balaban J connectivity index is 2.34. The monoisotopic (exact) mass is 207 g/mol. The number of benzene rings is 1. The Morgan fingerprint density at radius 3 is 2.93 bits per heavy atom. The maximum absolute atomic E-state index is 3.44. The van der Waals surface area contributed by atoms with Crippen molar-refractivity contribution in [3.8, 4) is 0 Å². The highest BCUT2D eigenvalue weighted by Gasteiger charge is 2.26. The van der Waals surface area contributed by atoms with Gasteiger partial charge in [-0.05, 0) is 24.6 Å². The molecule has 0 aliphatic carbocycles. The van der Waals surface area contributed by atoms with Crippen molar-refractivity contribution >= 4 is 11.8 Å². The van der Waals surface area contributed by atoms with Gasteiger partial charge in [-0.25, -0.2) is 0 Å². The van der Waals surface area contributed by atoms with Crippen LogP contribution in [0, 0.1) is 0 Å². The van der Waals surface area contributed by atoms with E-state index in [9.17, 15) is 0 Å². The molecule has 0 radical (unpaired) electrons. The van der Waals surface area contributed by atoms with Crippen LogP contribution in [0.4, 0.5) is 0 Å². The molecular formula is C12H17NS. The summed E-state index contributed by atoms with van der Waals surface area (Å²) in [7, 11) is 2.07. The van der Waals surface area contributed by atoms with Gasteiger partial charge in [0, 0.05) is 17.0 Å². The molecule has 0 saturated heterocycles. The van der Waals surface area contributed by atoms with Crippen LogP contribution in [0.2, 0.25) is 0 Å². The highest BCUT2D eigenvalue weighted by Crippen LogP contribution is 2.38. The van der Waals surface area contributed by atoms with Crippen molar-refractivity contribution in [3.63, 3.8) is 0 Å². The summed E-state index contributed by atoms with van der Waals surface area (Å²) in [5.74, 6) is 1.17. The van der Waals surface area contributed by atoms with Gasteiger partial charge in [0.2, 0.25) is 0 Å². The fraction of sp³-hybridized carbons (Fsp3) is 0.500. The predicted octanol–water partition coefficient (Wildman–Crippen LogP) is 2.97. The van der Waals surface area contributed by atoms with E-state index in [0.717, 1.165) is 5.25 Å². The Kier molecular flexibility index (Phi) is 3.14. The second kappa shape index (κ2) is 4.37. The highest BCUT2D eigenvalue weighted by molar-refractivity contribution is 7.99. The normalized spacial score (nSPS) is 25.9. The third-order valence-electron chi connectivity index (χ3n) is 2.93. The van der Waals surface area contributed by atoms with Crippen LogP contribution in [0.1, 0.15) is 30.5 Å². The van der Waals surface area contributed by atoms with Gasteiger partial charge in [-0.1, -0.05) is 31.2 Å². The minimum Gasteiger partial charge on any atom is -0.312 e. The van der Waals surface area contributed by atoms with Crippen LogP contribution in [0.3, 0.4) is 0 Å². The molecule has 0 fully saturated rings. The Hall–Kier alpha value is -0.470. The third kappa shape index (κ3) is 1.69. The number of hydrogen-bond donors (Lipinski definition) is 1. The van der Waals surface area contributed by atoms with E-state index < -0.39 is 0 Å². The second-order valence-corrected chi connectivity index (χ2v) is 4.95. The summed E-state index contributed by atoms with van der Waals surface area (Å²) >= 11 is 2.08. The summed E-state index contributed by atoms with van der Waals surface area (Å²) in [6.45, 7) is 2.27. The zero-order valence-corrected chi connectivity index (χ0v) is 9.60. The van der Waals surface area contributed by atoms with Crippen molar-refractivity contribution in [1.82, 2.24) is 5.32 Å². The van der Waals surface area contributed by atoms with E-state index in [1.165, 1.54) is 23.3 Å². The van der Waals surface area contributed by atoms with E-state index in [2.05, 4.69) is 55.3 Å². The molecule has 1 aliphatic heterocycles. The van der Waals surface area contributed by atoms with Crippen LogP contribution in [0.25, 0.3) is 0 Å². The number of nitrogens with one attached hydrogen (secondary N) is 1. The van der Waals surface area contributed by atoms with E-state index in [0.29, 0.717) is 6.04 Å². The van der Waals surface area contributed by atoms with Gasteiger partial charge in [-0.2, -0.15) is 11.8 Å². The van der Waals surface area contributed by atoms with Crippen LogP contribution in [-0.4, -0.2) is 12.3 Å². The number of hydrogen-bond acceptors (Lipinski definition) is 2. The van der Waals surface area contributed by atoms with Crippen molar-refractivity contribution in [3.05, 3.63) is 35.4 Å². The average molecular weight is 207 g/mol. The molecule has 1 nitrogen and oxygen atoms in total. The number of thioether (sulfide) groups is 1. The minimum atomic E-state index is 0.537. The van der Waals surface area contributed by atoms with Crippen molar-refractivity contribution in [1.29, 1.82) is 0 Å². The first-order valence-corrected chi connectivity index (χ1v) is 6.28. The lowest BCUT2D eigenvalue weighted by atomic mass is 9.97. The molecule has 2 unspecified atom stereocenters. The van der Waals surface area contributed by atoms with E-state index in [-0.39, 0.29) is 0 Å². The van der Waals surface area contributed by atoms with Crippen molar-refractivity contribution in [2.24, 2.45) is 0 Å². The third-order valence-corrected chi connectivity index (χ3v) is 4.44. The fourth-order valence-electron chi connectivity index (χ4n) is 2.16. The zero-order valence-electron chi connectivity index (χ0n) is 8.79. The maximum Gasteiger partial charge on any atom is 0.0441 e. The molecule has 0 amide bonds. The first-order valence-electron chi connectivity index (χ1n) is 5.23. The summed E-state index contributed by atoms with van der Waals surface area (Å²) in [5.41, 5.74) is 3.00. The fourth-order valence-corrected chi connectivity index (χ4v) is 3.52. The molecule has 0 saturated carbocycles. The van der Waals surface area contributed by atoms with E-state index in [1.54, 1.807) is 0 Å². The lowest BCUT2D eigenvalue weighted by molar-refractivity contribution is 0.546. The molecular weight excluding hydrogens is 190 g/mol. The molecule has 2 rings (SSSR count). The highest BCUT2D eigenvalue weighted by atomic mass is 32.2. The number of fused-ring (bicyclic) bond motifs is 1. The maximum atomic E-state index is 3.44. The first-order chi connectivity index (χ1) is 6.86. The van der Waals surface area contributed by atoms with E-state index >= 15 is 0 Å². The SMILES string of the molecule is CCC1SCc2ccccc2C1NC. The van der Waals surface area contributed by atoms with Crippen LogP contribution >= 0.6 is 11.8 Å². The molecule has 0 bridgehead atoms. The topological polar surface area (TPSA) is 12.0 Å². The largest absolute Gasteiger partial charge is 0.312 e. The zero-order chi connectivity index (χ0) is 9.97. The Labute approximate surface area is 90.3 Å². The van der Waals surface area contributed by atoms with Gasteiger partial charge in [-0.15, -0.1) is 0 Å². The first kappa shape index (κ1) is 10.1. The molecule has 2 heteroatoms. The molecule has 0 spiro atoms. The lowest BCUT2D eigenvalue weighted by Crippen LogP contribution is -2.30. The Morgan fingerprint density at radius 2 is 2.21 bits per heavy atom. The van der Waals surface area contributed by atoms with Gasteiger partial charge in [0.15, 0.2) is 0 Å². The Morgan fingerprint density at radius 1 is 1.43 bits per heavy atom. The lowest BCUT2D eigenvalue weighted by Gasteiger charge is -2.32.